The lowest BCUT2D eigenvalue weighted by Gasteiger charge is -2.26. The first-order valence-corrected chi connectivity index (χ1v) is 7.52. The molecule has 0 bridgehead atoms. The molecule has 1 amide bonds. The molecular weight excluding hydrogens is 280 g/mol. The van der Waals surface area contributed by atoms with Crippen LogP contribution >= 0.6 is 0 Å². The minimum absolute atomic E-state index is 0.167. The zero-order valence-electron chi connectivity index (χ0n) is 12.9. The Bertz CT molecular complexity index is 660. The number of aryl methyl sites for hydroxylation is 1. The molecule has 1 fully saturated rings. The van der Waals surface area contributed by atoms with Crippen LogP contribution in [-0.4, -0.2) is 41.1 Å². The number of hydrogen-bond acceptors (Lipinski definition) is 5. The third kappa shape index (κ3) is 3.33. The minimum Gasteiger partial charge on any atom is -0.408 e. The molecule has 6 nitrogen and oxygen atoms in total. The average molecular weight is 300 g/mol. The van der Waals surface area contributed by atoms with Crippen molar-refractivity contribution < 1.29 is 9.21 Å². The maximum Gasteiger partial charge on any atom is 0.322 e. The smallest absolute Gasteiger partial charge is 0.322 e. The number of nitrogens with one attached hydrogen (secondary N) is 1. The van der Waals surface area contributed by atoms with Gasteiger partial charge >= 0.3 is 6.01 Å². The van der Waals surface area contributed by atoms with E-state index in [0.717, 1.165) is 31.5 Å². The van der Waals surface area contributed by atoms with E-state index >= 15 is 0 Å². The summed E-state index contributed by atoms with van der Waals surface area (Å²) in [6, 6.07) is 7.55. The lowest BCUT2D eigenvalue weighted by atomic mass is 9.97. The van der Waals surface area contributed by atoms with Gasteiger partial charge in [0.25, 0.3) is 5.91 Å². The van der Waals surface area contributed by atoms with Crippen molar-refractivity contribution >= 4 is 11.9 Å². The van der Waals surface area contributed by atoms with Gasteiger partial charge in [-0.25, -0.2) is 0 Å². The second-order valence-electron chi connectivity index (χ2n) is 5.85. The van der Waals surface area contributed by atoms with Crippen LogP contribution in [0.15, 0.2) is 28.7 Å². The molecule has 22 heavy (non-hydrogen) atoms. The van der Waals surface area contributed by atoms with Gasteiger partial charge < -0.3 is 9.32 Å². The van der Waals surface area contributed by atoms with Crippen molar-refractivity contribution in [1.29, 1.82) is 0 Å². The normalized spacial score (nSPS) is 16.6. The summed E-state index contributed by atoms with van der Waals surface area (Å²) in [4.78, 5) is 14.4. The van der Waals surface area contributed by atoms with Crippen molar-refractivity contribution in [3.05, 3.63) is 41.3 Å². The summed E-state index contributed by atoms with van der Waals surface area (Å²) in [5.41, 5.74) is 1.62. The van der Waals surface area contributed by atoms with Crippen LogP contribution in [0.4, 0.5) is 6.01 Å². The number of likely N-dealkylation sites (tertiary alicyclic amines) is 1. The Labute approximate surface area is 129 Å². The third-order valence-corrected chi connectivity index (χ3v) is 4.01. The number of amides is 1. The molecule has 2 heterocycles. The van der Waals surface area contributed by atoms with E-state index in [-0.39, 0.29) is 17.8 Å². The van der Waals surface area contributed by atoms with Crippen LogP contribution in [0.2, 0.25) is 0 Å². The molecule has 2 aromatic rings. The quantitative estimate of drug-likeness (QED) is 0.942. The van der Waals surface area contributed by atoms with Crippen LogP contribution < -0.4 is 5.32 Å². The predicted molar refractivity (Wildman–Crippen MR) is 82.9 cm³/mol. The summed E-state index contributed by atoms with van der Waals surface area (Å²) in [5.74, 6) is 0.670. The number of carbonyl (C=O) groups is 1. The maximum atomic E-state index is 12.1. The third-order valence-electron chi connectivity index (χ3n) is 4.01. The monoisotopic (exact) mass is 300 g/mol. The van der Waals surface area contributed by atoms with Gasteiger partial charge in [-0.2, -0.15) is 0 Å². The molecular formula is C16H20N4O2. The minimum atomic E-state index is -0.234. The molecule has 3 rings (SSSR count). The summed E-state index contributed by atoms with van der Waals surface area (Å²) < 4.78 is 5.61. The highest BCUT2D eigenvalue weighted by molar-refractivity contribution is 6.03. The van der Waals surface area contributed by atoms with Gasteiger partial charge in [0.2, 0.25) is 5.89 Å². The second-order valence-corrected chi connectivity index (χ2v) is 5.85. The van der Waals surface area contributed by atoms with E-state index in [4.69, 9.17) is 4.42 Å². The molecule has 0 saturated carbocycles. The molecule has 1 aromatic carbocycles. The van der Waals surface area contributed by atoms with E-state index in [1.165, 1.54) is 0 Å². The van der Waals surface area contributed by atoms with E-state index in [2.05, 4.69) is 27.5 Å². The Morgan fingerprint density at radius 2 is 2.09 bits per heavy atom. The topological polar surface area (TPSA) is 71.3 Å². The van der Waals surface area contributed by atoms with Crippen molar-refractivity contribution in [2.75, 3.05) is 25.5 Å². The van der Waals surface area contributed by atoms with Gasteiger partial charge in [0.05, 0.1) is 0 Å². The SMILES string of the molecule is Cc1cccc(C(=O)Nc2nnc(C3CCN(C)CC3)o2)c1. The van der Waals surface area contributed by atoms with E-state index < -0.39 is 0 Å². The first kappa shape index (κ1) is 14.7. The van der Waals surface area contributed by atoms with Crippen molar-refractivity contribution in [3.63, 3.8) is 0 Å². The first-order chi connectivity index (χ1) is 10.6. The molecule has 0 unspecified atom stereocenters. The van der Waals surface area contributed by atoms with E-state index in [1.54, 1.807) is 6.07 Å². The van der Waals surface area contributed by atoms with Crippen LogP contribution in [0.1, 0.15) is 40.6 Å². The van der Waals surface area contributed by atoms with Crippen LogP contribution in [0.5, 0.6) is 0 Å². The maximum absolute atomic E-state index is 12.1. The first-order valence-electron chi connectivity index (χ1n) is 7.52. The number of nitrogens with zero attached hydrogens (tertiary/aromatic N) is 3. The fourth-order valence-electron chi connectivity index (χ4n) is 2.66. The molecule has 0 atom stereocenters. The van der Waals surface area contributed by atoms with Crippen LogP contribution in [0.25, 0.3) is 0 Å². The van der Waals surface area contributed by atoms with Crippen LogP contribution in [-0.2, 0) is 0 Å². The average Bonchev–Trinajstić information content (AvgIpc) is 2.96. The molecule has 1 aromatic heterocycles. The summed E-state index contributed by atoms with van der Waals surface area (Å²) in [6.45, 7) is 4.00. The number of rotatable bonds is 3. The molecule has 1 N–H and O–H groups in total. The lowest BCUT2D eigenvalue weighted by molar-refractivity contribution is 0.102. The Balaban J connectivity index is 1.65. The van der Waals surface area contributed by atoms with Crippen molar-refractivity contribution in [2.45, 2.75) is 25.7 Å². The molecule has 0 spiro atoms. The predicted octanol–water partition coefficient (Wildman–Crippen LogP) is 2.44. The largest absolute Gasteiger partial charge is 0.408 e. The van der Waals surface area contributed by atoms with Gasteiger partial charge in [0, 0.05) is 11.5 Å². The fourth-order valence-corrected chi connectivity index (χ4v) is 2.66. The summed E-state index contributed by atoms with van der Waals surface area (Å²) in [6.07, 6.45) is 2.01. The number of aromatic nitrogens is 2. The summed E-state index contributed by atoms with van der Waals surface area (Å²) >= 11 is 0. The fraction of sp³-hybridized carbons (Fsp3) is 0.438. The van der Waals surface area contributed by atoms with Crippen molar-refractivity contribution in [3.8, 4) is 0 Å². The highest BCUT2D eigenvalue weighted by Gasteiger charge is 2.23. The van der Waals surface area contributed by atoms with Gasteiger partial charge in [-0.15, -0.1) is 5.10 Å². The van der Waals surface area contributed by atoms with E-state index in [9.17, 15) is 4.79 Å². The van der Waals surface area contributed by atoms with Crippen LogP contribution in [0.3, 0.4) is 0 Å². The molecule has 6 heteroatoms. The number of carbonyl (C=O) groups excluding carboxylic acids is 1. The Hall–Kier alpha value is -2.21. The van der Waals surface area contributed by atoms with Crippen molar-refractivity contribution in [1.82, 2.24) is 15.1 Å². The van der Waals surface area contributed by atoms with E-state index in [0.29, 0.717) is 11.5 Å². The van der Waals surface area contributed by atoms with Gasteiger partial charge in [0.15, 0.2) is 0 Å². The standard InChI is InChI=1S/C16H20N4O2/c1-11-4-3-5-13(10-11)14(21)17-16-19-18-15(22-16)12-6-8-20(2)9-7-12/h3-5,10,12H,6-9H2,1-2H3,(H,17,19,21). The number of hydrogen-bond donors (Lipinski definition) is 1. The number of piperidine rings is 1. The lowest BCUT2D eigenvalue weighted by Crippen LogP contribution is -2.29. The van der Waals surface area contributed by atoms with Gasteiger partial charge in [-0.3, -0.25) is 10.1 Å². The van der Waals surface area contributed by atoms with Crippen molar-refractivity contribution in [2.24, 2.45) is 0 Å². The molecule has 1 aliphatic rings. The Kier molecular flexibility index (Phi) is 4.20. The zero-order chi connectivity index (χ0) is 15.5. The Morgan fingerprint density at radius 3 is 2.82 bits per heavy atom. The van der Waals surface area contributed by atoms with Gasteiger partial charge in [0.1, 0.15) is 0 Å². The summed E-state index contributed by atoms with van der Waals surface area (Å²) in [7, 11) is 2.11. The second kappa shape index (κ2) is 6.27. The number of anilines is 1. The summed E-state index contributed by atoms with van der Waals surface area (Å²) in [5, 5.41) is 10.7. The molecule has 0 aliphatic carbocycles. The molecule has 1 saturated heterocycles. The Morgan fingerprint density at radius 1 is 1.32 bits per heavy atom. The molecule has 116 valence electrons. The van der Waals surface area contributed by atoms with Gasteiger partial charge in [-0.1, -0.05) is 22.8 Å². The molecule has 0 radical (unpaired) electrons. The highest BCUT2D eigenvalue weighted by atomic mass is 16.4. The van der Waals surface area contributed by atoms with E-state index in [1.807, 2.05) is 25.1 Å². The number of benzene rings is 1. The van der Waals surface area contributed by atoms with Gasteiger partial charge in [-0.05, 0) is 52.0 Å². The zero-order valence-corrected chi connectivity index (χ0v) is 12.9. The van der Waals surface area contributed by atoms with Crippen LogP contribution in [0, 0.1) is 6.92 Å². The molecule has 1 aliphatic heterocycles. The highest BCUT2D eigenvalue weighted by Crippen LogP contribution is 2.27.